The van der Waals surface area contributed by atoms with Crippen LogP contribution in [0.25, 0.3) is 0 Å². The molecule has 1 N–H and O–H groups in total. The molecule has 0 aromatic heterocycles. The topological polar surface area (TPSA) is 67.9 Å². The Morgan fingerprint density at radius 3 is 2.74 bits per heavy atom. The van der Waals surface area contributed by atoms with Crippen molar-refractivity contribution in [1.29, 1.82) is 0 Å². The number of rotatable bonds is 5. The Morgan fingerprint density at radius 2 is 1.93 bits per heavy atom. The fraction of sp³-hybridized carbons (Fsp3) is 0.300. The van der Waals surface area contributed by atoms with Gasteiger partial charge in [-0.15, -0.1) is 0 Å². The van der Waals surface area contributed by atoms with Crippen molar-refractivity contribution < 1.29 is 23.5 Å². The zero-order valence-electron chi connectivity index (χ0n) is 14.6. The zero-order chi connectivity index (χ0) is 18.8. The van der Waals surface area contributed by atoms with E-state index >= 15 is 0 Å². The van der Waals surface area contributed by atoms with Crippen LogP contribution in [0.4, 0.5) is 10.1 Å². The van der Waals surface area contributed by atoms with Crippen LogP contribution in [-0.2, 0) is 16.0 Å². The maximum atomic E-state index is 12.9. The number of fused-ring (bicyclic) bond motifs is 1. The van der Waals surface area contributed by atoms with Gasteiger partial charge in [0, 0.05) is 31.3 Å². The number of carbonyl (C=O) groups is 2. The Kier molecular flexibility index (Phi) is 4.66. The Bertz CT molecular complexity index is 869. The van der Waals surface area contributed by atoms with Crippen LogP contribution in [0.15, 0.2) is 42.5 Å². The molecule has 1 atom stereocenters. The third-order valence-electron chi connectivity index (χ3n) is 4.79. The van der Waals surface area contributed by atoms with Crippen molar-refractivity contribution >= 4 is 17.5 Å². The molecule has 2 aliphatic rings. The van der Waals surface area contributed by atoms with Crippen molar-refractivity contribution in [3.8, 4) is 11.5 Å². The Balaban J connectivity index is 1.33. The van der Waals surface area contributed by atoms with E-state index in [0.717, 1.165) is 5.56 Å². The molecule has 0 saturated carbocycles. The number of amides is 2. The molecule has 2 aromatic rings. The van der Waals surface area contributed by atoms with Crippen LogP contribution in [0.2, 0.25) is 0 Å². The molecule has 1 unspecified atom stereocenters. The van der Waals surface area contributed by atoms with Crippen molar-refractivity contribution in [2.45, 2.75) is 12.8 Å². The van der Waals surface area contributed by atoms with Crippen LogP contribution >= 0.6 is 0 Å². The van der Waals surface area contributed by atoms with Crippen LogP contribution < -0.4 is 19.7 Å². The summed E-state index contributed by atoms with van der Waals surface area (Å²) in [5.41, 5.74) is 1.65. The Hall–Kier alpha value is -3.09. The molecule has 0 aliphatic carbocycles. The number of halogens is 1. The summed E-state index contributed by atoms with van der Waals surface area (Å²) in [4.78, 5) is 26.4. The molecule has 0 radical (unpaired) electrons. The third kappa shape index (κ3) is 3.72. The monoisotopic (exact) mass is 370 g/mol. The van der Waals surface area contributed by atoms with Gasteiger partial charge in [-0.1, -0.05) is 12.1 Å². The van der Waals surface area contributed by atoms with Gasteiger partial charge in [0.05, 0.1) is 5.92 Å². The van der Waals surface area contributed by atoms with E-state index in [4.69, 9.17) is 9.47 Å². The first-order chi connectivity index (χ1) is 13.1. The first-order valence-electron chi connectivity index (χ1n) is 8.82. The molecule has 2 aromatic carbocycles. The summed E-state index contributed by atoms with van der Waals surface area (Å²) in [7, 11) is 0. The molecule has 140 valence electrons. The molecule has 2 heterocycles. The number of benzene rings is 2. The second kappa shape index (κ2) is 7.26. The van der Waals surface area contributed by atoms with Crippen LogP contribution in [0.3, 0.4) is 0 Å². The average Bonchev–Trinajstić information content (AvgIpc) is 3.29. The molecule has 27 heavy (non-hydrogen) atoms. The van der Waals surface area contributed by atoms with E-state index in [0.29, 0.717) is 36.7 Å². The molecule has 2 amide bonds. The van der Waals surface area contributed by atoms with E-state index in [-0.39, 0.29) is 30.8 Å². The van der Waals surface area contributed by atoms with Crippen LogP contribution in [-0.4, -0.2) is 31.7 Å². The standard InChI is InChI=1S/C20H19FN2O4/c21-15-3-1-13(2-4-15)7-8-22-20(25)14-9-19(24)23(11-14)16-5-6-17-18(10-16)27-12-26-17/h1-6,10,14H,7-9,11-12H2,(H,22,25). The predicted octanol–water partition coefficient (Wildman–Crippen LogP) is 2.27. The van der Waals surface area contributed by atoms with Gasteiger partial charge in [-0.25, -0.2) is 4.39 Å². The predicted molar refractivity (Wildman–Crippen MR) is 96.1 cm³/mol. The first kappa shape index (κ1) is 17.3. The van der Waals surface area contributed by atoms with Gasteiger partial charge in [0.15, 0.2) is 11.5 Å². The number of nitrogens with zero attached hydrogens (tertiary/aromatic N) is 1. The summed E-state index contributed by atoms with van der Waals surface area (Å²) in [6.07, 6.45) is 0.787. The van der Waals surface area contributed by atoms with Crippen molar-refractivity contribution in [2.24, 2.45) is 5.92 Å². The molecular weight excluding hydrogens is 351 g/mol. The smallest absolute Gasteiger partial charge is 0.231 e. The summed E-state index contributed by atoms with van der Waals surface area (Å²) < 4.78 is 23.5. The van der Waals surface area contributed by atoms with Crippen molar-refractivity contribution in [1.82, 2.24) is 5.32 Å². The molecule has 6 nitrogen and oxygen atoms in total. The number of anilines is 1. The highest BCUT2D eigenvalue weighted by Gasteiger charge is 2.35. The highest BCUT2D eigenvalue weighted by atomic mass is 19.1. The van der Waals surface area contributed by atoms with E-state index in [1.54, 1.807) is 35.2 Å². The number of ether oxygens (including phenoxy) is 2. The zero-order valence-corrected chi connectivity index (χ0v) is 14.6. The number of nitrogens with one attached hydrogen (secondary N) is 1. The van der Waals surface area contributed by atoms with E-state index in [1.165, 1.54) is 12.1 Å². The number of hydrogen-bond donors (Lipinski definition) is 1. The summed E-state index contributed by atoms with van der Waals surface area (Å²) in [6, 6.07) is 11.5. The third-order valence-corrected chi connectivity index (χ3v) is 4.79. The molecule has 0 spiro atoms. The summed E-state index contributed by atoms with van der Waals surface area (Å²) >= 11 is 0. The van der Waals surface area contributed by atoms with Crippen LogP contribution in [0, 0.1) is 11.7 Å². The van der Waals surface area contributed by atoms with Gasteiger partial charge in [0.25, 0.3) is 0 Å². The lowest BCUT2D eigenvalue weighted by Gasteiger charge is -2.17. The van der Waals surface area contributed by atoms with Crippen molar-refractivity contribution in [2.75, 3.05) is 24.8 Å². The Labute approximate surface area is 155 Å². The van der Waals surface area contributed by atoms with Gasteiger partial charge in [0.2, 0.25) is 18.6 Å². The second-order valence-corrected chi connectivity index (χ2v) is 6.61. The number of carbonyl (C=O) groups excluding carboxylic acids is 2. The molecule has 7 heteroatoms. The summed E-state index contributed by atoms with van der Waals surface area (Å²) in [5.74, 6) is 0.348. The summed E-state index contributed by atoms with van der Waals surface area (Å²) in [5, 5.41) is 2.87. The summed E-state index contributed by atoms with van der Waals surface area (Å²) in [6.45, 7) is 0.950. The molecular formula is C20H19FN2O4. The van der Waals surface area contributed by atoms with E-state index in [1.807, 2.05) is 0 Å². The second-order valence-electron chi connectivity index (χ2n) is 6.61. The van der Waals surface area contributed by atoms with Gasteiger partial charge in [-0.3, -0.25) is 9.59 Å². The normalized spacial score (nSPS) is 18.0. The molecule has 4 rings (SSSR count). The SMILES string of the molecule is O=C(NCCc1ccc(F)cc1)C1CC(=O)N(c2ccc3c(c2)OCO3)C1. The minimum Gasteiger partial charge on any atom is -0.454 e. The first-order valence-corrected chi connectivity index (χ1v) is 8.82. The molecule has 1 fully saturated rings. The van der Waals surface area contributed by atoms with Crippen molar-refractivity contribution in [3.05, 3.63) is 53.8 Å². The van der Waals surface area contributed by atoms with Gasteiger partial charge in [-0.05, 0) is 36.2 Å². The maximum absolute atomic E-state index is 12.9. The minimum atomic E-state index is -0.392. The highest BCUT2D eigenvalue weighted by molar-refractivity contribution is 6.00. The average molecular weight is 370 g/mol. The van der Waals surface area contributed by atoms with Crippen LogP contribution in [0.1, 0.15) is 12.0 Å². The molecule has 0 bridgehead atoms. The molecule has 2 aliphatic heterocycles. The Morgan fingerprint density at radius 1 is 1.15 bits per heavy atom. The lowest BCUT2D eigenvalue weighted by molar-refractivity contribution is -0.126. The minimum absolute atomic E-state index is 0.0902. The lowest BCUT2D eigenvalue weighted by atomic mass is 10.1. The van der Waals surface area contributed by atoms with Crippen molar-refractivity contribution in [3.63, 3.8) is 0 Å². The fourth-order valence-electron chi connectivity index (χ4n) is 3.31. The quantitative estimate of drug-likeness (QED) is 0.877. The van der Waals surface area contributed by atoms with Gasteiger partial charge in [-0.2, -0.15) is 0 Å². The largest absolute Gasteiger partial charge is 0.454 e. The molecule has 1 saturated heterocycles. The van der Waals surface area contributed by atoms with E-state index < -0.39 is 5.92 Å². The fourth-order valence-corrected chi connectivity index (χ4v) is 3.31. The lowest BCUT2D eigenvalue weighted by Crippen LogP contribution is -2.34. The van der Waals surface area contributed by atoms with Gasteiger partial charge in [0.1, 0.15) is 5.82 Å². The van der Waals surface area contributed by atoms with E-state index in [9.17, 15) is 14.0 Å². The van der Waals surface area contributed by atoms with E-state index in [2.05, 4.69) is 5.32 Å². The maximum Gasteiger partial charge on any atom is 0.231 e. The highest BCUT2D eigenvalue weighted by Crippen LogP contribution is 2.37. The van der Waals surface area contributed by atoms with Crippen LogP contribution in [0.5, 0.6) is 11.5 Å². The number of hydrogen-bond acceptors (Lipinski definition) is 4. The van der Waals surface area contributed by atoms with Gasteiger partial charge >= 0.3 is 0 Å². The van der Waals surface area contributed by atoms with Gasteiger partial charge < -0.3 is 19.7 Å².